The molecule has 2 saturated carbocycles. The number of hydrogen-bond acceptors (Lipinski definition) is 3. The summed E-state index contributed by atoms with van der Waals surface area (Å²) in [5, 5.41) is 3.72. The van der Waals surface area contributed by atoms with E-state index in [-0.39, 0.29) is 5.91 Å². The monoisotopic (exact) mass is 264 g/mol. The van der Waals surface area contributed by atoms with Crippen molar-refractivity contribution in [2.75, 3.05) is 5.32 Å². The van der Waals surface area contributed by atoms with E-state index in [1.54, 1.807) is 11.3 Å². The third kappa shape index (κ3) is 2.30. The summed E-state index contributed by atoms with van der Waals surface area (Å²) in [6.07, 6.45) is 6.08. The van der Waals surface area contributed by atoms with Crippen molar-refractivity contribution < 1.29 is 4.79 Å². The molecule has 2 fully saturated rings. The van der Waals surface area contributed by atoms with Crippen molar-refractivity contribution in [3.63, 3.8) is 0 Å². The second-order valence-electron chi connectivity index (χ2n) is 5.85. The van der Waals surface area contributed by atoms with Gasteiger partial charge in [0.15, 0.2) is 5.13 Å². The molecule has 2 aliphatic rings. The van der Waals surface area contributed by atoms with E-state index in [0.29, 0.717) is 12.3 Å². The van der Waals surface area contributed by atoms with Gasteiger partial charge in [-0.3, -0.25) is 4.79 Å². The molecule has 98 valence electrons. The van der Waals surface area contributed by atoms with Gasteiger partial charge < -0.3 is 5.32 Å². The van der Waals surface area contributed by atoms with Crippen molar-refractivity contribution in [1.82, 2.24) is 4.98 Å². The van der Waals surface area contributed by atoms with Crippen LogP contribution in [0, 0.1) is 31.6 Å². The average molecular weight is 264 g/mol. The predicted octanol–water partition coefficient (Wildman–Crippen LogP) is 3.52. The molecule has 1 aromatic rings. The van der Waals surface area contributed by atoms with Crippen molar-refractivity contribution >= 4 is 22.4 Å². The van der Waals surface area contributed by atoms with Crippen LogP contribution in [0.4, 0.5) is 5.13 Å². The van der Waals surface area contributed by atoms with Crippen molar-refractivity contribution in [3.8, 4) is 0 Å². The number of amides is 1. The maximum Gasteiger partial charge on any atom is 0.226 e. The Bertz CT molecular complexity index is 449. The van der Waals surface area contributed by atoms with E-state index < -0.39 is 0 Å². The van der Waals surface area contributed by atoms with E-state index in [9.17, 15) is 4.79 Å². The highest BCUT2D eigenvalue weighted by Crippen LogP contribution is 2.49. The highest BCUT2D eigenvalue weighted by molar-refractivity contribution is 7.15. The van der Waals surface area contributed by atoms with Crippen molar-refractivity contribution in [1.29, 1.82) is 0 Å². The SMILES string of the molecule is Cc1nc(NC(=O)CC2CC3CCC2C3)sc1C. The molecule has 1 N–H and O–H groups in total. The number of nitrogens with one attached hydrogen (secondary N) is 1. The average Bonchev–Trinajstić information content (AvgIpc) is 2.96. The lowest BCUT2D eigenvalue weighted by Gasteiger charge is -2.20. The molecule has 1 heterocycles. The maximum atomic E-state index is 12.0. The Morgan fingerprint density at radius 1 is 1.39 bits per heavy atom. The molecule has 1 aromatic heterocycles. The second kappa shape index (κ2) is 4.65. The smallest absolute Gasteiger partial charge is 0.226 e. The fraction of sp³-hybridized carbons (Fsp3) is 0.714. The Kier molecular flexibility index (Phi) is 3.14. The van der Waals surface area contributed by atoms with Gasteiger partial charge in [-0.2, -0.15) is 0 Å². The summed E-state index contributed by atoms with van der Waals surface area (Å²) in [6, 6.07) is 0. The molecule has 3 nitrogen and oxygen atoms in total. The Morgan fingerprint density at radius 3 is 2.78 bits per heavy atom. The van der Waals surface area contributed by atoms with Crippen LogP contribution in [0.25, 0.3) is 0 Å². The molecular formula is C14H20N2OS. The standard InChI is InChI=1S/C14H20N2OS/c1-8-9(2)18-14(15-8)16-13(17)7-12-6-10-3-4-11(12)5-10/h10-12H,3-7H2,1-2H3,(H,15,16,17). The third-order valence-electron chi connectivity index (χ3n) is 4.61. The lowest BCUT2D eigenvalue weighted by molar-refractivity contribution is -0.117. The molecule has 3 rings (SSSR count). The topological polar surface area (TPSA) is 42.0 Å². The van der Waals surface area contributed by atoms with E-state index in [0.717, 1.165) is 22.7 Å². The number of aromatic nitrogens is 1. The van der Waals surface area contributed by atoms with Gasteiger partial charge in [0.25, 0.3) is 0 Å². The molecule has 0 spiro atoms. The number of thiazole rings is 1. The quantitative estimate of drug-likeness (QED) is 0.907. The number of aryl methyl sites for hydroxylation is 2. The molecule has 18 heavy (non-hydrogen) atoms. The highest BCUT2D eigenvalue weighted by atomic mass is 32.1. The largest absolute Gasteiger partial charge is 0.302 e. The Labute approximate surface area is 112 Å². The van der Waals surface area contributed by atoms with Crippen LogP contribution >= 0.6 is 11.3 Å². The number of fused-ring (bicyclic) bond motifs is 2. The molecule has 1 amide bonds. The molecule has 2 aliphatic carbocycles. The van der Waals surface area contributed by atoms with Gasteiger partial charge in [0.1, 0.15) is 0 Å². The van der Waals surface area contributed by atoms with Gasteiger partial charge in [-0.1, -0.05) is 6.42 Å². The molecule has 2 bridgehead atoms. The zero-order valence-electron chi connectivity index (χ0n) is 11.0. The molecule has 0 aliphatic heterocycles. The van der Waals surface area contributed by atoms with Crippen LogP contribution in [0.3, 0.4) is 0 Å². The molecule has 0 radical (unpaired) electrons. The number of carbonyl (C=O) groups excluding carboxylic acids is 1. The van der Waals surface area contributed by atoms with E-state index >= 15 is 0 Å². The summed E-state index contributed by atoms with van der Waals surface area (Å²) in [4.78, 5) is 17.6. The van der Waals surface area contributed by atoms with Gasteiger partial charge in [-0.25, -0.2) is 4.98 Å². The Hall–Kier alpha value is -0.900. The zero-order valence-corrected chi connectivity index (χ0v) is 11.8. The number of nitrogens with zero attached hydrogens (tertiary/aromatic N) is 1. The van der Waals surface area contributed by atoms with Gasteiger partial charge in [-0.15, -0.1) is 11.3 Å². The van der Waals surface area contributed by atoms with Crippen LogP contribution in [-0.4, -0.2) is 10.9 Å². The first kappa shape index (κ1) is 12.2. The normalized spacial score (nSPS) is 29.8. The van der Waals surface area contributed by atoms with Crippen LogP contribution in [0.5, 0.6) is 0 Å². The van der Waals surface area contributed by atoms with Crippen molar-refractivity contribution in [2.45, 2.75) is 46.0 Å². The summed E-state index contributed by atoms with van der Waals surface area (Å²) in [7, 11) is 0. The zero-order chi connectivity index (χ0) is 12.7. The van der Waals surface area contributed by atoms with Crippen molar-refractivity contribution in [2.24, 2.45) is 17.8 Å². The Morgan fingerprint density at radius 2 is 2.22 bits per heavy atom. The molecule has 4 heteroatoms. The molecular weight excluding hydrogens is 244 g/mol. The maximum absolute atomic E-state index is 12.0. The van der Waals surface area contributed by atoms with Crippen LogP contribution in [0.15, 0.2) is 0 Å². The molecule has 0 saturated heterocycles. The fourth-order valence-corrected chi connectivity index (χ4v) is 4.39. The minimum absolute atomic E-state index is 0.154. The summed E-state index contributed by atoms with van der Waals surface area (Å²) in [5.41, 5.74) is 1.02. The summed E-state index contributed by atoms with van der Waals surface area (Å²) < 4.78 is 0. The minimum atomic E-state index is 0.154. The van der Waals surface area contributed by atoms with Crippen LogP contribution in [0.2, 0.25) is 0 Å². The summed E-state index contributed by atoms with van der Waals surface area (Å²) in [6.45, 7) is 4.02. The number of carbonyl (C=O) groups is 1. The van der Waals surface area contributed by atoms with E-state index in [1.165, 1.54) is 30.6 Å². The van der Waals surface area contributed by atoms with E-state index in [1.807, 2.05) is 13.8 Å². The third-order valence-corrected chi connectivity index (χ3v) is 5.60. The first-order valence-corrected chi connectivity index (χ1v) is 7.67. The summed E-state index contributed by atoms with van der Waals surface area (Å²) >= 11 is 1.57. The predicted molar refractivity (Wildman–Crippen MR) is 73.8 cm³/mol. The first-order valence-electron chi connectivity index (χ1n) is 6.85. The van der Waals surface area contributed by atoms with Gasteiger partial charge in [0.2, 0.25) is 5.91 Å². The van der Waals surface area contributed by atoms with E-state index in [2.05, 4.69) is 10.3 Å². The first-order chi connectivity index (χ1) is 8.61. The summed E-state index contributed by atoms with van der Waals surface area (Å²) in [5.74, 6) is 2.52. The van der Waals surface area contributed by atoms with Crippen LogP contribution < -0.4 is 5.32 Å². The second-order valence-corrected chi connectivity index (χ2v) is 7.05. The molecule has 3 unspecified atom stereocenters. The lowest BCUT2D eigenvalue weighted by atomic mass is 9.86. The Balaban J connectivity index is 1.56. The minimum Gasteiger partial charge on any atom is -0.302 e. The number of anilines is 1. The highest BCUT2D eigenvalue weighted by Gasteiger charge is 2.40. The lowest BCUT2D eigenvalue weighted by Crippen LogP contribution is -2.20. The fourth-order valence-electron chi connectivity index (χ4n) is 3.56. The molecule has 0 aromatic carbocycles. The van der Waals surface area contributed by atoms with Crippen LogP contribution in [-0.2, 0) is 4.79 Å². The van der Waals surface area contributed by atoms with E-state index in [4.69, 9.17) is 0 Å². The van der Waals surface area contributed by atoms with Crippen LogP contribution in [0.1, 0.15) is 42.7 Å². The van der Waals surface area contributed by atoms with Crippen molar-refractivity contribution in [3.05, 3.63) is 10.6 Å². The van der Waals surface area contributed by atoms with Gasteiger partial charge >= 0.3 is 0 Å². The number of rotatable bonds is 3. The van der Waals surface area contributed by atoms with Gasteiger partial charge in [0, 0.05) is 11.3 Å². The number of hydrogen-bond donors (Lipinski definition) is 1. The molecule has 3 atom stereocenters. The van der Waals surface area contributed by atoms with Gasteiger partial charge in [0.05, 0.1) is 5.69 Å². The van der Waals surface area contributed by atoms with Gasteiger partial charge in [-0.05, 0) is 50.9 Å².